The molecule has 108 valence electrons. The smallest absolute Gasteiger partial charge is 0.263 e. The third-order valence-corrected chi connectivity index (χ3v) is 6.03. The fraction of sp³-hybridized carbons (Fsp3) is 0.600. The van der Waals surface area contributed by atoms with Crippen LogP contribution in [0.4, 0.5) is 0 Å². The highest BCUT2D eigenvalue weighted by atomic mass is 32.1. The molecule has 2 heterocycles. The van der Waals surface area contributed by atoms with Gasteiger partial charge in [-0.25, -0.2) is 0 Å². The summed E-state index contributed by atoms with van der Waals surface area (Å²) in [6.07, 6.45) is 4.50. The Bertz CT molecular complexity index is 760. The van der Waals surface area contributed by atoms with Gasteiger partial charge in [-0.2, -0.15) is 0 Å². The number of hydrogen-bond acceptors (Lipinski definition) is 3. The Labute approximate surface area is 127 Å². The van der Waals surface area contributed by atoms with Gasteiger partial charge in [0, 0.05) is 10.9 Å². The Kier molecular flexibility index (Phi) is 3.58. The van der Waals surface area contributed by atoms with E-state index in [4.69, 9.17) is 12.2 Å². The Morgan fingerprint density at radius 3 is 2.55 bits per heavy atom. The van der Waals surface area contributed by atoms with E-state index >= 15 is 0 Å². The lowest BCUT2D eigenvalue weighted by molar-refractivity contribution is 0.282. The minimum absolute atomic E-state index is 0.102. The Balaban J connectivity index is 2.18. The van der Waals surface area contributed by atoms with Gasteiger partial charge < -0.3 is 4.98 Å². The van der Waals surface area contributed by atoms with Gasteiger partial charge in [0.25, 0.3) is 5.56 Å². The van der Waals surface area contributed by atoms with E-state index in [2.05, 4.69) is 18.8 Å². The maximum Gasteiger partial charge on any atom is 0.263 e. The summed E-state index contributed by atoms with van der Waals surface area (Å²) in [5.74, 6) is 0.772. The molecule has 0 spiro atoms. The maximum absolute atomic E-state index is 12.8. The minimum atomic E-state index is 0.102. The first kappa shape index (κ1) is 14.0. The van der Waals surface area contributed by atoms with Gasteiger partial charge in [-0.3, -0.25) is 9.36 Å². The molecule has 0 aromatic carbocycles. The topological polar surface area (TPSA) is 37.8 Å². The number of nitrogens with zero attached hydrogens (tertiary/aromatic N) is 1. The zero-order chi connectivity index (χ0) is 14.4. The highest BCUT2D eigenvalue weighted by Crippen LogP contribution is 2.32. The lowest BCUT2D eigenvalue weighted by Gasteiger charge is -2.27. The summed E-state index contributed by atoms with van der Waals surface area (Å²) in [5, 5.41) is 0.833. The summed E-state index contributed by atoms with van der Waals surface area (Å²) in [7, 11) is 0. The number of fused-ring (bicyclic) bond motifs is 1. The average Bonchev–Trinajstić information content (AvgIpc) is 2.67. The van der Waals surface area contributed by atoms with E-state index in [9.17, 15) is 4.79 Å². The fourth-order valence-corrected chi connectivity index (χ4v) is 4.63. The fourth-order valence-electron chi connectivity index (χ4n) is 3.17. The van der Waals surface area contributed by atoms with Crippen LogP contribution in [0, 0.1) is 24.5 Å². The number of H-pyrrole nitrogens is 1. The van der Waals surface area contributed by atoms with Crippen molar-refractivity contribution in [2.45, 2.75) is 52.5 Å². The van der Waals surface area contributed by atoms with Gasteiger partial charge in [-0.15, -0.1) is 11.3 Å². The molecule has 2 aromatic heterocycles. The highest BCUT2D eigenvalue weighted by Gasteiger charge is 2.23. The molecule has 2 aromatic rings. The van der Waals surface area contributed by atoms with Gasteiger partial charge in [0.1, 0.15) is 4.83 Å². The van der Waals surface area contributed by atoms with Crippen molar-refractivity contribution in [2.24, 2.45) is 5.92 Å². The number of nitrogens with one attached hydrogen (secondary N) is 1. The van der Waals surface area contributed by atoms with Gasteiger partial charge in [-0.05, 0) is 63.2 Å². The van der Waals surface area contributed by atoms with Crippen LogP contribution in [-0.4, -0.2) is 9.55 Å². The number of rotatable bonds is 1. The SMILES string of the molecule is Cc1sc2[nH]c(=S)n(C3CCC(C)CC3)c(=O)c2c1C. The van der Waals surface area contributed by atoms with Gasteiger partial charge >= 0.3 is 0 Å². The number of aromatic nitrogens is 2. The molecule has 1 aliphatic carbocycles. The van der Waals surface area contributed by atoms with Crippen molar-refractivity contribution < 1.29 is 0 Å². The van der Waals surface area contributed by atoms with Crippen molar-refractivity contribution in [3.05, 3.63) is 25.6 Å². The molecule has 1 aliphatic rings. The van der Waals surface area contributed by atoms with Crippen molar-refractivity contribution >= 4 is 33.8 Å². The molecule has 0 atom stereocenters. The zero-order valence-corrected chi connectivity index (χ0v) is 13.8. The summed E-state index contributed by atoms with van der Waals surface area (Å²) in [6, 6.07) is 0.270. The summed E-state index contributed by atoms with van der Waals surface area (Å²) >= 11 is 7.07. The molecule has 0 unspecified atom stereocenters. The zero-order valence-electron chi connectivity index (χ0n) is 12.2. The summed E-state index contributed by atoms with van der Waals surface area (Å²) in [4.78, 5) is 18.2. The molecule has 1 saturated carbocycles. The van der Waals surface area contributed by atoms with Gasteiger partial charge in [-0.1, -0.05) is 6.92 Å². The Morgan fingerprint density at radius 2 is 1.90 bits per heavy atom. The summed E-state index contributed by atoms with van der Waals surface area (Å²) in [6.45, 7) is 6.37. The van der Waals surface area contributed by atoms with Gasteiger partial charge in [0.05, 0.1) is 5.39 Å². The van der Waals surface area contributed by atoms with E-state index < -0.39 is 0 Å². The second-order valence-corrected chi connectivity index (χ2v) is 7.62. The van der Waals surface area contributed by atoms with Gasteiger partial charge in [0.2, 0.25) is 0 Å². The van der Waals surface area contributed by atoms with E-state index in [0.717, 1.165) is 34.5 Å². The highest BCUT2D eigenvalue weighted by molar-refractivity contribution is 7.71. The Morgan fingerprint density at radius 1 is 1.25 bits per heavy atom. The molecule has 0 aliphatic heterocycles. The molecule has 1 fully saturated rings. The van der Waals surface area contributed by atoms with E-state index in [1.807, 2.05) is 11.5 Å². The largest absolute Gasteiger partial charge is 0.323 e. The molecular formula is C15H20N2OS2. The van der Waals surface area contributed by atoms with Crippen LogP contribution < -0.4 is 5.56 Å². The second-order valence-electron chi connectivity index (χ2n) is 6.01. The summed E-state index contributed by atoms with van der Waals surface area (Å²) in [5.41, 5.74) is 1.20. The van der Waals surface area contributed by atoms with Crippen molar-refractivity contribution in [2.75, 3.05) is 0 Å². The predicted octanol–water partition coefficient (Wildman–Crippen LogP) is 4.49. The van der Waals surface area contributed by atoms with Gasteiger partial charge in [0.15, 0.2) is 4.77 Å². The minimum Gasteiger partial charge on any atom is -0.323 e. The average molecular weight is 308 g/mol. The molecule has 0 saturated heterocycles. The molecule has 1 N–H and O–H groups in total. The molecule has 5 heteroatoms. The first-order valence-corrected chi connectivity index (χ1v) is 8.46. The van der Waals surface area contributed by atoms with E-state index in [1.54, 1.807) is 11.3 Å². The van der Waals surface area contributed by atoms with E-state index in [1.165, 1.54) is 17.7 Å². The van der Waals surface area contributed by atoms with E-state index in [0.29, 0.717) is 4.77 Å². The molecule has 3 rings (SSSR count). The third-order valence-electron chi connectivity index (χ3n) is 4.61. The number of aromatic amines is 1. The molecule has 20 heavy (non-hydrogen) atoms. The van der Waals surface area contributed by atoms with Crippen molar-refractivity contribution in [1.29, 1.82) is 0 Å². The third kappa shape index (κ3) is 2.17. The monoisotopic (exact) mass is 308 g/mol. The maximum atomic E-state index is 12.8. The normalized spacial score (nSPS) is 23.4. The van der Waals surface area contributed by atoms with Crippen LogP contribution in [0.5, 0.6) is 0 Å². The molecular weight excluding hydrogens is 288 g/mol. The van der Waals surface area contributed by atoms with Crippen LogP contribution in [0.25, 0.3) is 10.2 Å². The predicted molar refractivity (Wildman–Crippen MR) is 87.4 cm³/mol. The van der Waals surface area contributed by atoms with Crippen molar-refractivity contribution in [3.63, 3.8) is 0 Å². The number of hydrogen-bond donors (Lipinski definition) is 1. The quantitative estimate of drug-likeness (QED) is 0.788. The van der Waals surface area contributed by atoms with Crippen LogP contribution in [-0.2, 0) is 0 Å². The van der Waals surface area contributed by atoms with Crippen LogP contribution in [0.1, 0.15) is 49.1 Å². The lowest BCUT2D eigenvalue weighted by atomic mass is 9.87. The molecule has 0 radical (unpaired) electrons. The van der Waals surface area contributed by atoms with Crippen LogP contribution in [0.3, 0.4) is 0 Å². The summed E-state index contributed by atoms with van der Waals surface area (Å²) < 4.78 is 2.42. The molecule has 3 nitrogen and oxygen atoms in total. The molecule has 0 amide bonds. The standard InChI is InChI=1S/C15H20N2OS2/c1-8-4-6-11(7-5-8)17-14(18)12-9(2)10(3)20-13(12)16-15(17)19/h8,11H,4-7H2,1-3H3,(H,16,19). The van der Waals surface area contributed by atoms with E-state index in [-0.39, 0.29) is 11.6 Å². The number of thiophene rings is 1. The lowest BCUT2D eigenvalue weighted by Crippen LogP contribution is -2.29. The van der Waals surface area contributed by atoms with Crippen LogP contribution >= 0.6 is 23.6 Å². The second kappa shape index (κ2) is 5.11. The first-order chi connectivity index (χ1) is 9.49. The Hall–Kier alpha value is -0.940. The van der Waals surface area contributed by atoms with Crippen LogP contribution in [0.15, 0.2) is 4.79 Å². The number of aryl methyl sites for hydroxylation is 2. The van der Waals surface area contributed by atoms with Crippen molar-refractivity contribution in [3.8, 4) is 0 Å². The van der Waals surface area contributed by atoms with Crippen molar-refractivity contribution in [1.82, 2.24) is 9.55 Å². The molecule has 0 bridgehead atoms. The van der Waals surface area contributed by atoms with Crippen LogP contribution in [0.2, 0.25) is 0 Å². The first-order valence-electron chi connectivity index (χ1n) is 7.23.